The highest BCUT2D eigenvalue weighted by Gasteiger charge is 2.25. The molecule has 0 aromatic heterocycles. The van der Waals surface area contributed by atoms with Crippen LogP contribution in [-0.4, -0.2) is 50.8 Å². The number of amides is 1. The summed E-state index contributed by atoms with van der Waals surface area (Å²) in [4.78, 5) is 18.0. The van der Waals surface area contributed by atoms with Crippen LogP contribution in [0, 0.1) is 13.8 Å². The van der Waals surface area contributed by atoms with E-state index in [4.69, 9.17) is 4.74 Å². The fourth-order valence-electron chi connectivity index (χ4n) is 3.60. The highest BCUT2D eigenvalue weighted by atomic mass is 127. The monoisotopic (exact) mass is 538 g/mol. The molecule has 0 aliphatic carbocycles. The van der Waals surface area contributed by atoms with Crippen LogP contribution in [0.25, 0.3) is 0 Å². The van der Waals surface area contributed by atoms with Gasteiger partial charge in [0.15, 0.2) is 5.96 Å². The Hall–Kier alpha value is -2.33. The molecule has 0 spiro atoms. The third-order valence-corrected chi connectivity index (χ3v) is 5.19. The first-order valence-electron chi connectivity index (χ1n) is 10.1. The summed E-state index contributed by atoms with van der Waals surface area (Å²) >= 11 is 0. The van der Waals surface area contributed by atoms with Gasteiger partial charge in [-0.1, -0.05) is 35.9 Å². The maximum Gasteiger partial charge on any atom is 0.411 e. The zero-order valence-corrected chi connectivity index (χ0v) is 20.8. The van der Waals surface area contributed by atoms with E-state index in [1.165, 1.54) is 23.8 Å². The van der Waals surface area contributed by atoms with E-state index in [2.05, 4.69) is 57.3 Å². The molecule has 2 aromatic rings. The molecule has 1 aliphatic rings. The van der Waals surface area contributed by atoms with E-state index >= 15 is 0 Å². The zero-order chi connectivity index (χ0) is 21.5. The first-order valence-corrected chi connectivity index (χ1v) is 10.1. The topological polar surface area (TPSA) is 75.2 Å². The number of methoxy groups -OCH3 is 1. The fraction of sp³-hybridized carbons (Fsp3) is 0.391. The van der Waals surface area contributed by atoms with Crippen molar-refractivity contribution in [1.82, 2.24) is 10.2 Å². The summed E-state index contributed by atoms with van der Waals surface area (Å²) in [6.07, 6.45) is -0.450. The van der Waals surface area contributed by atoms with Crippen LogP contribution in [0.5, 0.6) is 0 Å². The minimum atomic E-state index is -0.480. The number of halogens is 1. The molecule has 168 valence electrons. The molecule has 1 aliphatic heterocycles. The maximum absolute atomic E-state index is 11.3. The molecule has 0 saturated carbocycles. The van der Waals surface area contributed by atoms with Gasteiger partial charge in [-0.3, -0.25) is 10.3 Å². The second kappa shape index (κ2) is 11.9. The number of nitrogens with one attached hydrogen (secondary N) is 2. The molecule has 2 N–H and O–H groups in total. The molecule has 0 radical (unpaired) electrons. The number of rotatable bonds is 4. The van der Waals surface area contributed by atoms with Crippen molar-refractivity contribution in [3.8, 4) is 0 Å². The number of anilines is 1. The van der Waals surface area contributed by atoms with Crippen LogP contribution >= 0.6 is 24.0 Å². The first-order chi connectivity index (χ1) is 14.5. The van der Waals surface area contributed by atoms with Gasteiger partial charge in [-0.25, -0.2) is 4.79 Å². The van der Waals surface area contributed by atoms with Gasteiger partial charge in [-0.2, -0.15) is 0 Å². The number of nitrogens with zero attached hydrogens (tertiary/aromatic N) is 2. The molecular formula is C23H31IN4O3. The average Bonchev–Trinajstić information content (AvgIpc) is 2.75. The number of guanidine groups is 1. The Morgan fingerprint density at radius 2 is 1.97 bits per heavy atom. The van der Waals surface area contributed by atoms with E-state index in [9.17, 15) is 4.79 Å². The van der Waals surface area contributed by atoms with Crippen molar-refractivity contribution in [3.63, 3.8) is 0 Å². The number of aliphatic imine (C=N–C) groups is 1. The standard InChI is InChI=1S/C23H30N4O3.HI/c1-16-5-10-20(17(2)13-16)21-15-27(11-12-30-21)22(24-3)25-14-18-6-8-19(9-7-18)26-23(28)29-4;/h5-10,13,21H,11-12,14-15H2,1-4H3,(H,24,25)(H,26,28);1H. The van der Waals surface area contributed by atoms with Gasteiger partial charge in [0.05, 0.1) is 20.3 Å². The number of benzene rings is 2. The van der Waals surface area contributed by atoms with Crippen molar-refractivity contribution in [2.75, 3.05) is 39.2 Å². The molecule has 1 saturated heterocycles. The van der Waals surface area contributed by atoms with Crippen LogP contribution in [0.4, 0.5) is 10.5 Å². The number of morpholine rings is 1. The first kappa shape index (κ1) is 24.9. The molecule has 1 heterocycles. The SMILES string of the molecule is CN=C(NCc1ccc(NC(=O)OC)cc1)N1CCOC(c2ccc(C)cc2C)C1.I. The second-order valence-corrected chi connectivity index (χ2v) is 7.38. The van der Waals surface area contributed by atoms with Crippen LogP contribution in [0.2, 0.25) is 0 Å². The molecule has 7 nitrogen and oxygen atoms in total. The Balaban J connectivity index is 0.00000341. The van der Waals surface area contributed by atoms with Gasteiger partial charge in [0, 0.05) is 25.8 Å². The van der Waals surface area contributed by atoms with E-state index in [1.807, 2.05) is 24.3 Å². The lowest BCUT2D eigenvalue weighted by molar-refractivity contribution is -0.00834. The summed E-state index contributed by atoms with van der Waals surface area (Å²) in [5.41, 5.74) is 5.53. The highest BCUT2D eigenvalue weighted by molar-refractivity contribution is 14.0. The average molecular weight is 538 g/mol. The minimum absolute atomic E-state index is 0. The van der Waals surface area contributed by atoms with Crippen molar-refractivity contribution in [3.05, 3.63) is 64.7 Å². The van der Waals surface area contributed by atoms with Crippen molar-refractivity contribution >= 4 is 41.7 Å². The molecule has 1 amide bonds. The molecule has 2 aromatic carbocycles. The summed E-state index contributed by atoms with van der Waals surface area (Å²) in [6, 6.07) is 14.1. The van der Waals surface area contributed by atoms with Crippen molar-refractivity contribution in [1.29, 1.82) is 0 Å². The lowest BCUT2D eigenvalue weighted by Gasteiger charge is -2.36. The van der Waals surface area contributed by atoms with E-state index in [0.29, 0.717) is 18.8 Å². The van der Waals surface area contributed by atoms with Gasteiger partial charge in [-0.05, 0) is 42.7 Å². The second-order valence-electron chi connectivity index (χ2n) is 7.38. The molecule has 1 unspecified atom stereocenters. The smallest absolute Gasteiger partial charge is 0.411 e. The molecule has 31 heavy (non-hydrogen) atoms. The summed E-state index contributed by atoms with van der Waals surface area (Å²) < 4.78 is 10.7. The molecule has 1 atom stereocenters. The zero-order valence-electron chi connectivity index (χ0n) is 18.5. The molecule has 3 rings (SSSR count). The number of carbonyl (C=O) groups is 1. The Bertz CT molecular complexity index is 902. The van der Waals surface area contributed by atoms with E-state index < -0.39 is 6.09 Å². The Morgan fingerprint density at radius 1 is 1.23 bits per heavy atom. The van der Waals surface area contributed by atoms with E-state index in [0.717, 1.165) is 24.6 Å². The Kier molecular flexibility index (Phi) is 9.57. The predicted octanol–water partition coefficient (Wildman–Crippen LogP) is 4.25. The van der Waals surface area contributed by atoms with Crippen LogP contribution in [-0.2, 0) is 16.0 Å². The summed E-state index contributed by atoms with van der Waals surface area (Å²) in [7, 11) is 3.14. The molecule has 1 fully saturated rings. The lowest BCUT2D eigenvalue weighted by atomic mass is 10.00. The third kappa shape index (κ3) is 6.83. The predicted molar refractivity (Wildman–Crippen MR) is 134 cm³/mol. The van der Waals surface area contributed by atoms with Crippen molar-refractivity contribution < 1.29 is 14.3 Å². The quantitative estimate of drug-likeness (QED) is 0.346. The van der Waals surface area contributed by atoms with Crippen LogP contribution in [0.3, 0.4) is 0 Å². The van der Waals surface area contributed by atoms with E-state index in [1.54, 1.807) is 7.05 Å². The number of carbonyl (C=O) groups excluding carboxylic acids is 1. The van der Waals surface area contributed by atoms with Crippen LogP contribution < -0.4 is 10.6 Å². The summed E-state index contributed by atoms with van der Waals surface area (Å²) in [6.45, 7) is 7.09. The number of hydrogen-bond acceptors (Lipinski definition) is 4. The highest BCUT2D eigenvalue weighted by Crippen LogP contribution is 2.26. The van der Waals surface area contributed by atoms with Crippen molar-refractivity contribution in [2.24, 2.45) is 4.99 Å². The van der Waals surface area contributed by atoms with Gasteiger partial charge in [0.2, 0.25) is 0 Å². The molecule has 8 heteroatoms. The van der Waals surface area contributed by atoms with Crippen LogP contribution in [0.15, 0.2) is 47.5 Å². The largest absolute Gasteiger partial charge is 0.453 e. The minimum Gasteiger partial charge on any atom is -0.453 e. The summed E-state index contributed by atoms with van der Waals surface area (Å²) in [5, 5.41) is 6.08. The fourth-order valence-corrected chi connectivity index (χ4v) is 3.60. The number of aryl methyl sites for hydroxylation is 2. The van der Waals surface area contributed by atoms with Gasteiger partial charge in [-0.15, -0.1) is 24.0 Å². The maximum atomic E-state index is 11.3. The van der Waals surface area contributed by atoms with Gasteiger partial charge >= 0.3 is 6.09 Å². The molecular weight excluding hydrogens is 507 g/mol. The Labute approximate surface area is 201 Å². The normalized spacial score (nSPS) is 16.3. The van der Waals surface area contributed by atoms with Crippen molar-refractivity contribution in [2.45, 2.75) is 26.5 Å². The molecule has 0 bridgehead atoms. The van der Waals surface area contributed by atoms with Gasteiger partial charge in [0.1, 0.15) is 6.10 Å². The third-order valence-electron chi connectivity index (χ3n) is 5.19. The Morgan fingerprint density at radius 3 is 2.61 bits per heavy atom. The number of ether oxygens (including phenoxy) is 2. The van der Waals surface area contributed by atoms with Crippen LogP contribution in [0.1, 0.15) is 28.4 Å². The summed E-state index contributed by atoms with van der Waals surface area (Å²) in [5.74, 6) is 0.852. The van der Waals surface area contributed by atoms with E-state index in [-0.39, 0.29) is 30.1 Å². The number of hydrogen-bond donors (Lipinski definition) is 2. The lowest BCUT2D eigenvalue weighted by Crippen LogP contribution is -2.48. The van der Waals surface area contributed by atoms with Gasteiger partial charge in [0.25, 0.3) is 0 Å². The van der Waals surface area contributed by atoms with Gasteiger partial charge < -0.3 is 19.7 Å².